The van der Waals surface area contributed by atoms with Gasteiger partial charge in [-0.2, -0.15) is 0 Å². The number of nitrogens with one attached hydrogen (secondary N) is 2. The van der Waals surface area contributed by atoms with Gasteiger partial charge in [0.05, 0.1) is 15.7 Å². The predicted molar refractivity (Wildman–Crippen MR) is 127 cm³/mol. The Morgan fingerprint density at radius 1 is 0.931 bits per heavy atom. The molecule has 0 bridgehead atoms. The molecule has 6 nitrogen and oxygen atoms in total. The van der Waals surface area contributed by atoms with Crippen molar-refractivity contribution in [1.82, 2.24) is 5.43 Å². The van der Waals surface area contributed by atoms with Crippen molar-refractivity contribution < 1.29 is 9.59 Å². The van der Waals surface area contributed by atoms with Crippen molar-refractivity contribution in [2.24, 2.45) is 11.1 Å². The van der Waals surface area contributed by atoms with Crippen molar-refractivity contribution in [3.8, 4) is 0 Å². The molecule has 8 heteroatoms. The Hall–Kier alpha value is -2.84. The topological polar surface area (TPSA) is 87.5 Å². The van der Waals surface area contributed by atoms with Gasteiger partial charge < -0.3 is 11.1 Å². The number of hydrazine groups is 1. The van der Waals surface area contributed by atoms with E-state index in [1.807, 2.05) is 55.5 Å². The Labute approximate surface area is 182 Å². The molecule has 0 fully saturated rings. The van der Waals surface area contributed by atoms with Crippen molar-refractivity contribution in [1.29, 1.82) is 0 Å². The van der Waals surface area contributed by atoms with Crippen LogP contribution in [-0.2, 0) is 9.59 Å². The Morgan fingerprint density at radius 2 is 1.41 bits per heavy atom. The molecule has 2 rings (SSSR count). The number of benzene rings is 2. The molecule has 0 aromatic heterocycles. The number of anilines is 2. The molecule has 0 spiro atoms. The lowest BCUT2D eigenvalue weighted by atomic mass is 9.92. The highest BCUT2D eigenvalue weighted by molar-refractivity contribution is 7.80. The summed E-state index contributed by atoms with van der Waals surface area (Å²) in [6, 6.07) is 19.0. The largest absolute Gasteiger partial charge is 0.369 e. The third-order valence-corrected chi connectivity index (χ3v) is 4.11. The van der Waals surface area contributed by atoms with Crippen LogP contribution in [0.1, 0.15) is 27.7 Å². The van der Waals surface area contributed by atoms with Gasteiger partial charge >= 0.3 is 0 Å². The van der Waals surface area contributed by atoms with E-state index in [1.54, 1.807) is 19.1 Å². The number of rotatable bonds is 4. The van der Waals surface area contributed by atoms with Crippen LogP contribution in [0.4, 0.5) is 11.4 Å². The Bertz CT molecular complexity index is 855. The first-order valence-corrected chi connectivity index (χ1v) is 9.66. The van der Waals surface area contributed by atoms with Crippen molar-refractivity contribution >= 4 is 57.6 Å². The normalized spacial score (nSPS) is 10.1. The zero-order valence-corrected chi connectivity index (χ0v) is 18.6. The summed E-state index contributed by atoms with van der Waals surface area (Å²) >= 11 is 9.97. The highest BCUT2D eigenvalue weighted by Crippen LogP contribution is 2.17. The van der Waals surface area contributed by atoms with E-state index < -0.39 is 17.2 Å². The van der Waals surface area contributed by atoms with Crippen molar-refractivity contribution in [2.45, 2.75) is 27.7 Å². The van der Waals surface area contributed by atoms with Crippen LogP contribution in [0.25, 0.3) is 0 Å². The number of hydrogen-bond acceptors (Lipinski definition) is 4. The van der Waals surface area contributed by atoms with Gasteiger partial charge in [0.15, 0.2) is 0 Å². The van der Waals surface area contributed by atoms with Gasteiger partial charge in [0.25, 0.3) is 5.91 Å². The highest BCUT2D eigenvalue weighted by Gasteiger charge is 2.35. The number of primary amides is 1. The predicted octanol–water partition coefficient (Wildman–Crippen LogP) is 3.83. The molecule has 29 heavy (non-hydrogen) atoms. The first kappa shape index (κ1) is 24.2. The van der Waals surface area contributed by atoms with Gasteiger partial charge in [-0.05, 0) is 52.0 Å². The summed E-state index contributed by atoms with van der Waals surface area (Å²) in [7, 11) is 0. The molecule has 2 aromatic carbocycles. The third kappa shape index (κ3) is 7.97. The summed E-state index contributed by atoms with van der Waals surface area (Å²) in [6.07, 6.45) is 0. The molecule has 0 aliphatic carbocycles. The smallest absolute Gasteiger partial charge is 0.253 e. The zero-order chi connectivity index (χ0) is 22.0. The first-order chi connectivity index (χ1) is 13.6. The monoisotopic (exact) mass is 430 g/mol. The molecule has 0 unspecified atom stereocenters. The Morgan fingerprint density at radius 3 is 1.83 bits per heavy atom. The van der Waals surface area contributed by atoms with Crippen LogP contribution in [0.3, 0.4) is 0 Å². The van der Waals surface area contributed by atoms with E-state index >= 15 is 0 Å². The summed E-state index contributed by atoms with van der Waals surface area (Å²) in [4.78, 5) is 24.6. The minimum atomic E-state index is -1.31. The number of carbonyl (C=O) groups excluding carboxylic acids is 2. The molecule has 0 aliphatic rings. The number of nitrogens with zero attached hydrogens (tertiary/aromatic N) is 1. The van der Waals surface area contributed by atoms with Gasteiger partial charge in [0.1, 0.15) is 5.41 Å². The maximum Gasteiger partial charge on any atom is 0.253 e. The molecular formula is C21H26N4O2S2. The molecule has 0 saturated carbocycles. The fourth-order valence-corrected chi connectivity index (χ4v) is 2.25. The zero-order valence-electron chi connectivity index (χ0n) is 16.9. The van der Waals surface area contributed by atoms with Crippen LogP contribution in [0.5, 0.6) is 0 Å². The van der Waals surface area contributed by atoms with E-state index in [4.69, 9.17) is 30.2 Å². The standard InChI is InChI=1S/C13H17N3O2S.C8H9NS/c1-9(19)16(10-7-5-4-6-8-10)15-12(18)13(2,3)11(14)17;1-7(10)9-8-5-3-2-4-6-8/h4-8H,1-3H3,(H2,14,17)(H,15,18);2-6H,1H3,(H,9,10). The lowest BCUT2D eigenvalue weighted by Crippen LogP contribution is -2.53. The average molecular weight is 431 g/mol. The van der Waals surface area contributed by atoms with Crippen LogP contribution in [0, 0.1) is 5.41 Å². The lowest BCUT2D eigenvalue weighted by Gasteiger charge is -2.28. The van der Waals surface area contributed by atoms with Crippen molar-refractivity contribution in [3.63, 3.8) is 0 Å². The fourth-order valence-electron chi connectivity index (χ4n) is 1.98. The molecular weight excluding hydrogens is 404 g/mol. The van der Waals surface area contributed by atoms with Gasteiger partial charge in [0.2, 0.25) is 5.91 Å². The van der Waals surface area contributed by atoms with Crippen molar-refractivity contribution in [3.05, 3.63) is 60.7 Å². The second kappa shape index (κ2) is 11.2. The number of hydrogen-bond donors (Lipinski definition) is 3. The van der Waals surface area contributed by atoms with Crippen LogP contribution >= 0.6 is 24.4 Å². The van der Waals surface area contributed by atoms with E-state index in [9.17, 15) is 9.59 Å². The lowest BCUT2D eigenvalue weighted by molar-refractivity contribution is -0.139. The summed E-state index contributed by atoms with van der Waals surface area (Å²) in [5.41, 5.74) is 8.27. The van der Waals surface area contributed by atoms with E-state index in [1.165, 1.54) is 18.9 Å². The van der Waals surface area contributed by atoms with Gasteiger partial charge in [-0.1, -0.05) is 60.8 Å². The molecule has 2 aromatic rings. The molecule has 2 amide bonds. The van der Waals surface area contributed by atoms with Crippen molar-refractivity contribution in [2.75, 3.05) is 10.3 Å². The van der Waals surface area contributed by atoms with E-state index in [2.05, 4.69) is 10.7 Å². The fraction of sp³-hybridized carbons (Fsp3) is 0.238. The van der Waals surface area contributed by atoms with Gasteiger partial charge in [-0.3, -0.25) is 15.0 Å². The number of amides is 2. The quantitative estimate of drug-likeness (QED) is 0.388. The van der Waals surface area contributed by atoms with Gasteiger partial charge in [-0.15, -0.1) is 0 Å². The molecule has 0 atom stereocenters. The maximum absolute atomic E-state index is 12.1. The summed E-state index contributed by atoms with van der Waals surface area (Å²) in [6.45, 7) is 6.47. The summed E-state index contributed by atoms with van der Waals surface area (Å²) in [5.74, 6) is -1.20. The second-order valence-electron chi connectivity index (χ2n) is 6.67. The molecule has 0 aliphatic heterocycles. The van der Waals surface area contributed by atoms with Gasteiger partial charge in [0, 0.05) is 5.69 Å². The minimum Gasteiger partial charge on any atom is -0.369 e. The van der Waals surface area contributed by atoms with Crippen LogP contribution in [-0.4, -0.2) is 21.8 Å². The Kier molecular flexibility index (Phi) is 9.37. The minimum absolute atomic E-state index is 0.458. The highest BCUT2D eigenvalue weighted by atomic mass is 32.1. The molecule has 0 saturated heterocycles. The van der Waals surface area contributed by atoms with E-state index in [0.717, 1.165) is 10.7 Å². The molecule has 0 heterocycles. The number of carbonyl (C=O) groups is 2. The summed E-state index contributed by atoms with van der Waals surface area (Å²) < 4.78 is 0. The SMILES string of the molecule is CC(=S)N(NC(=O)C(C)(C)C(N)=O)c1ccccc1.CC(=S)Nc1ccccc1. The van der Waals surface area contributed by atoms with E-state index in [-0.39, 0.29) is 0 Å². The number of para-hydroxylation sites is 2. The summed E-state index contributed by atoms with van der Waals surface area (Å²) in [5, 5.41) is 4.48. The number of thiocarbonyl (C=S) groups is 2. The number of nitrogens with two attached hydrogens (primary N) is 1. The molecule has 0 radical (unpaired) electrons. The Balaban J connectivity index is 0.000000352. The van der Waals surface area contributed by atoms with Gasteiger partial charge in [-0.25, -0.2) is 5.01 Å². The maximum atomic E-state index is 12.1. The van der Waals surface area contributed by atoms with Crippen LogP contribution < -0.4 is 21.5 Å². The molecule has 4 N–H and O–H groups in total. The van der Waals surface area contributed by atoms with Crippen LogP contribution in [0.2, 0.25) is 0 Å². The first-order valence-electron chi connectivity index (χ1n) is 8.85. The average Bonchev–Trinajstić information content (AvgIpc) is 2.67. The molecule has 154 valence electrons. The third-order valence-electron chi connectivity index (χ3n) is 3.82. The van der Waals surface area contributed by atoms with Crippen LogP contribution in [0.15, 0.2) is 60.7 Å². The second-order valence-corrected chi connectivity index (χ2v) is 7.87. The van der Waals surface area contributed by atoms with E-state index in [0.29, 0.717) is 10.7 Å².